The Hall–Kier alpha value is -4.74. The van der Waals surface area contributed by atoms with Gasteiger partial charge >= 0.3 is 0 Å². The van der Waals surface area contributed by atoms with E-state index in [0.717, 1.165) is 16.8 Å². The first kappa shape index (κ1) is 24.4. The van der Waals surface area contributed by atoms with Gasteiger partial charge in [0, 0.05) is 41.8 Å². The minimum Gasteiger partial charge on any atom is -0.487 e. The Bertz CT molecular complexity index is 1410. The molecule has 8 nitrogen and oxygen atoms in total. The van der Waals surface area contributed by atoms with Crippen molar-refractivity contribution in [3.05, 3.63) is 96.5 Å². The minimum atomic E-state index is -0.226. The number of ether oxygens (including phenoxy) is 1. The fraction of sp³-hybridized carbons (Fsp3) is 0.143. The summed E-state index contributed by atoms with van der Waals surface area (Å²) in [7, 11) is 3.87. The summed E-state index contributed by atoms with van der Waals surface area (Å²) in [6.45, 7) is 1.04. The van der Waals surface area contributed by atoms with Crippen LogP contribution in [-0.2, 0) is 11.4 Å². The normalized spacial score (nSPS) is 10.9. The van der Waals surface area contributed by atoms with E-state index in [1.807, 2.05) is 73.6 Å². The van der Waals surface area contributed by atoms with Gasteiger partial charge < -0.3 is 20.3 Å². The summed E-state index contributed by atoms with van der Waals surface area (Å²) >= 11 is 0. The molecule has 0 spiro atoms. The van der Waals surface area contributed by atoms with E-state index in [-0.39, 0.29) is 5.91 Å². The average Bonchev–Trinajstić information content (AvgIpc) is 2.89. The van der Waals surface area contributed by atoms with Crippen LogP contribution in [0, 0.1) is 11.3 Å². The number of likely N-dealkylation sites (N-methyl/N-ethyl adjacent to an activating group) is 1. The summed E-state index contributed by atoms with van der Waals surface area (Å²) in [4.78, 5) is 22.9. The SMILES string of the molecule is CN(C)C/C=C/C(=O)Nc1ccc2ncc(C#N)c(Nc3ccc(OCc4ccccn4)cc3)c2c1. The fourth-order valence-electron chi connectivity index (χ4n) is 3.46. The number of aromatic nitrogens is 2. The van der Waals surface area contributed by atoms with Crippen molar-refractivity contribution < 1.29 is 9.53 Å². The van der Waals surface area contributed by atoms with Crippen molar-refractivity contribution in [2.45, 2.75) is 6.61 Å². The number of hydrogen-bond acceptors (Lipinski definition) is 7. The third-order valence-electron chi connectivity index (χ3n) is 5.23. The maximum atomic E-state index is 12.3. The topological polar surface area (TPSA) is 103 Å². The number of fused-ring (bicyclic) bond motifs is 1. The molecular formula is C28H26N6O2. The molecule has 0 aliphatic rings. The van der Waals surface area contributed by atoms with E-state index in [0.29, 0.717) is 41.4 Å². The first-order valence-corrected chi connectivity index (χ1v) is 11.4. The molecule has 2 heterocycles. The zero-order valence-corrected chi connectivity index (χ0v) is 20.1. The molecule has 0 bridgehead atoms. The molecular weight excluding hydrogens is 452 g/mol. The maximum Gasteiger partial charge on any atom is 0.248 e. The Morgan fingerprint density at radius 1 is 1.08 bits per heavy atom. The predicted octanol–water partition coefficient (Wildman–Crippen LogP) is 4.88. The zero-order valence-electron chi connectivity index (χ0n) is 20.1. The second-order valence-electron chi connectivity index (χ2n) is 8.30. The number of carbonyl (C=O) groups excluding carboxylic acids is 1. The molecule has 0 saturated heterocycles. The summed E-state index contributed by atoms with van der Waals surface area (Å²) in [6.07, 6.45) is 6.57. The Balaban J connectivity index is 1.53. The van der Waals surface area contributed by atoms with Crippen molar-refractivity contribution in [1.29, 1.82) is 5.26 Å². The van der Waals surface area contributed by atoms with Crippen molar-refractivity contribution in [1.82, 2.24) is 14.9 Å². The highest BCUT2D eigenvalue weighted by Crippen LogP contribution is 2.31. The van der Waals surface area contributed by atoms with Crippen LogP contribution in [0.2, 0.25) is 0 Å². The molecule has 0 aliphatic carbocycles. The van der Waals surface area contributed by atoms with Crippen molar-refractivity contribution in [3.63, 3.8) is 0 Å². The van der Waals surface area contributed by atoms with Crippen LogP contribution in [0.25, 0.3) is 10.9 Å². The van der Waals surface area contributed by atoms with E-state index in [4.69, 9.17) is 4.74 Å². The molecule has 180 valence electrons. The number of pyridine rings is 2. The molecule has 0 unspecified atom stereocenters. The van der Waals surface area contributed by atoms with Crippen molar-refractivity contribution >= 4 is 33.9 Å². The van der Waals surface area contributed by atoms with Gasteiger partial charge in [0.25, 0.3) is 0 Å². The van der Waals surface area contributed by atoms with Crippen molar-refractivity contribution in [2.75, 3.05) is 31.3 Å². The Labute approximate surface area is 209 Å². The van der Waals surface area contributed by atoms with E-state index in [9.17, 15) is 10.1 Å². The lowest BCUT2D eigenvalue weighted by atomic mass is 10.1. The molecule has 2 N–H and O–H groups in total. The lowest BCUT2D eigenvalue weighted by Gasteiger charge is -2.13. The van der Waals surface area contributed by atoms with E-state index in [1.165, 1.54) is 12.3 Å². The summed E-state index contributed by atoms with van der Waals surface area (Å²) in [5, 5.41) is 16.6. The molecule has 36 heavy (non-hydrogen) atoms. The number of amides is 1. The Morgan fingerprint density at radius 2 is 1.89 bits per heavy atom. The van der Waals surface area contributed by atoms with Gasteiger partial charge in [0.1, 0.15) is 18.4 Å². The van der Waals surface area contributed by atoms with Gasteiger partial charge in [0.05, 0.1) is 22.5 Å². The molecule has 4 aromatic rings. The summed E-state index contributed by atoms with van der Waals surface area (Å²) in [5.74, 6) is 0.481. The largest absolute Gasteiger partial charge is 0.487 e. The van der Waals surface area contributed by atoms with Crippen LogP contribution >= 0.6 is 0 Å². The number of anilines is 3. The smallest absolute Gasteiger partial charge is 0.248 e. The molecule has 2 aromatic heterocycles. The van der Waals surface area contributed by atoms with Crippen LogP contribution in [0.4, 0.5) is 17.1 Å². The second kappa shape index (κ2) is 11.6. The molecule has 0 aliphatic heterocycles. The van der Waals surface area contributed by atoms with E-state index in [1.54, 1.807) is 18.3 Å². The molecule has 0 atom stereocenters. The summed E-state index contributed by atoms with van der Waals surface area (Å²) < 4.78 is 5.81. The number of carbonyl (C=O) groups is 1. The maximum absolute atomic E-state index is 12.3. The average molecular weight is 479 g/mol. The fourth-order valence-corrected chi connectivity index (χ4v) is 3.46. The van der Waals surface area contributed by atoms with Gasteiger partial charge in [0.2, 0.25) is 5.91 Å². The quantitative estimate of drug-likeness (QED) is 0.331. The number of nitrogens with zero attached hydrogens (tertiary/aromatic N) is 4. The number of rotatable bonds is 9. The Kier molecular flexibility index (Phi) is 7.86. The van der Waals surface area contributed by atoms with Crippen LogP contribution in [0.15, 0.2) is 85.2 Å². The third kappa shape index (κ3) is 6.44. The summed E-state index contributed by atoms with van der Waals surface area (Å²) in [5.41, 5.74) is 3.95. The number of hydrogen-bond donors (Lipinski definition) is 2. The standard InChI is InChI=1S/C28H26N6O2/c1-34(2)15-5-7-27(35)32-22-10-13-26-25(16-22)28(20(17-29)18-31-26)33-21-8-11-24(12-9-21)36-19-23-6-3-4-14-30-23/h3-14,16,18H,15,19H2,1-2H3,(H,31,33)(H,32,35)/b7-5+. The lowest BCUT2D eigenvalue weighted by Crippen LogP contribution is -2.12. The third-order valence-corrected chi connectivity index (χ3v) is 5.23. The number of nitriles is 1. The van der Waals surface area contributed by atoms with Crippen LogP contribution in [0.3, 0.4) is 0 Å². The summed E-state index contributed by atoms with van der Waals surface area (Å²) in [6, 6.07) is 20.8. The zero-order chi connectivity index (χ0) is 25.3. The van der Waals surface area contributed by atoms with Crippen LogP contribution in [0.1, 0.15) is 11.3 Å². The monoisotopic (exact) mass is 478 g/mol. The first-order valence-electron chi connectivity index (χ1n) is 11.4. The van der Waals surface area contributed by atoms with Crippen molar-refractivity contribution in [2.24, 2.45) is 0 Å². The first-order chi connectivity index (χ1) is 17.5. The molecule has 8 heteroatoms. The Morgan fingerprint density at radius 3 is 2.61 bits per heavy atom. The van der Waals surface area contributed by atoms with Crippen LogP contribution in [0.5, 0.6) is 5.75 Å². The second-order valence-corrected chi connectivity index (χ2v) is 8.30. The number of benzene rings is 2. The van der Waals surface area contributed by atoms with Crippen LogP contribution in [-0.4, -0.2) is 41.4 Å². The van der Waals surface area contributed by atoms with Gasteiger partial charge in [-0.25, -0.2) is 0 Å². The molecule has 1 amide bonds. The van der Waals surface area contributed by atoms with E-state index < -0.39 is 0 Å². The van der Waals surface area contributed by atoms with E-state index in [2.05, 4.69) is 26.7 Å². The van der Waals surface area contributed by atoms with E-state index >= 15 is 0 Å². The molecule has 0 fully saturated rings. The molecule has 2 aromatic carbocycles. The van der Waals surface area contributed by atoms with Crippen LogP contribution < -0.4 is 15.4 Å². The van der Waals surface area contributed by atoms with Gasteiger partial charge in [-0.3, -0.25) is 14.8 Å². The highest BCUT2D eigenvalue weighted by molar-refractivity contribution is 6.03. The molecule has 4 rings (SSSR count). The van der Waals surface area contributed by atoms with Gasteiger partial charge in [-0.05, 0) is 68.7 Å². The van der Waals surface area contributed by atoms with Crippen molar-refractivity contribution in [3.8, 4) is 11.8 Å². The van der Waals surface area contributed by atoms with Gasteiger partial charge in [-0.15, -0.1) is 0 Å². The minimum absolute atomic E-state index is 0.226. The number of nitrogens with one attached hydrogen (secondary N) is 2. The highest BCUT2D eigenvalue weighted by Gasteiger charge is 2.11. The molecule has 0 radical (unpaired) electrons. The van der Waals surface area contributed by atoms with Gasteiger partial charge in [0.15, 0.2) is 0 Å². The lowest BCUT2D eigenvalue weighted by molar-refractivity contribution is -0.111. The highest BCUT2D eigenvalue weighted by atomic mass is 16.5. The van der Waals surface area contributed by atoms with Gasteiger partial charge in [-0.1, -0.05) is 12.1 Å². The molecule has 0 saturated carbocycles. The predicted molar refractivity (Wildman–Crippen MR) is 141 cm³/mol. The van der Waals surface area contributed by atoms with Gasteiger partial charge in [-0.2, -0.15) is 5.26 Å².